The first kappa shape index (κ1) is 10.8. The van der Waals surface area contributed by atoms with Crippen LogP contribution in [0.2, 0.25) is 0 Å². The van der Waals surface area contributed by atoms with E-state index < -0.39 is 5.38 Å². The number of nitrogens with one attached hydrogen (secondary N) is 1. The standard InChI is InChI=1S/C9H16ClNO2/c1-6-3-4-8(13-6)5-11-9(12)7(2)10/h6-8H,3-5H2,1-2H3,(H,11,12). The zero-order chi connectivity index (χ0) is 9.84. The summed E-state index contributed by atoms with van der Waals surface area (Å²) in [6, 6.07) is 0. The van der Waals surface area contributed by atoms with Crippen molar-refractivity contribution in [2.75, 3.05) is 6.54 Å². The summed E-state index contributed by atoms with van der Waals surface area (Å²) in [6.45, 7) is 4.29. The number of hydrogen-bond donors (Lipinski definition) is 1. The maximum absolute atomic E-state index is 11.1. The third-order valence-corrected chi connectivity index (χ3v) is 2.38. The molecule has 1 N–H and O–H groups in total. The summed E-state index contributed by atoms with van der Waals surface area (Å²) in [4.78, 5) is 11.1. The molecule has 76 valence electrons. The van der Waals surface area contributed by atoms with Crippen LogP contribution in [0.3, 0.4) is 0 Å². The number of ether oxygens (including phenoxy) is 1. The third kappa shape index (κ3) is 3.53. The Morgan fingerprint density at radius 1 is 1.69 bits per heavy atom. The molecule has 1 saturated heterocycles. The van der Waals surface area contributed by atoms with Crippen molar-refractivity contribution in [1.29, 1.82) is 0 Å². The average Bonchev–Trinajstić information content (AvgIpc) is 2.47. The minimum absolute atomic E-state index is 0.121. The molecule has 1 rings (SSSR count). The second-order valence-corrected chi connectivity index (χ2v) is 4.16. The Hall–Kier alpha value is -0.280. The summed E-state index contributed by atoms with van der Waals surface area (Å²) in [5.74, 6) is -0.121. The molecule has 0 aromatic heterocycles. The fraction of sp³-hybridized carbons (Fsp3) is 0.889. The fourth-order valence-corrected chi connectivity index (χ4v) is 1.47. The van der Waals surface area contributed by atoms with Crippen molar-refractivity contribution in [2.24, 2.45) is 0 Å². The van der Waals surface area contributed by atoms with Gasteiger partial charge in [-0.3, -0.25) is 4.79 Å². The van der Waals surface area contributed by atoms with Crippen molar-refractivity contribution in [2.45, 2.75) is 44.3 Å². The van der Waals surface area contributed by atoms with Gasteiger partial charge < -0.3 is 10.1 Å². The molecule has 13 heavy (non-hydrogen) atoms. The van der Waals surface area contributed by atoms with E-state index in [1.807, 2.05) is 6.92 Å². The Bertz CT molecular complexity index is 184. The zero-order valence-corrected chi connectivity index (χ0v) is 8.80. The van der Waals surface area contributed by atoms with Gasteiger partial charge in [0.15, 0.2) is 0 Å². The van der Waals surface area contributed by atoms with E-state index in [1.54, 1.807) is 6.92 Å². The molecule has 1 fully saturated rings. The van der Waals surface area contributed by atoms with E-state index in [2.05, 4.69) is 5.32 Å². The summed E-state index contributed by atoms with van der Waals surface area (Å²) in [5, 5.41) is 2.29. The van der Waals surface area contributed by atoms with Crippen LogP contribution in [0.5, 0.6) is 0 Å². The second-order valence-electron chi connectivity index (χ2n) is 3.51. The van der Waals surface area contributed by atoms with Gasteiger partial charge in [-0.05, 0) is 26.7 Å². The lowest BCUT2D eigenvalue weighted by Crippen LogP contribution is -2.35. The van der Waals surface area contributed by atoms with Crippen molar-refractivity contribution >= 4 is 17.5 Å². The highest BCUT2D eigenvalue weighted by Crippen LogP contribution is 2.18. The Morgan fingerprint density at radius 2 is 2.38 bits per heavy atom. The maximum atomic E-state index is 11.1. The Kier molecular flexibility index (Phi) is 4.00. The molecular formula is C9H16ClNO2. The van der Waals surface area contributed by atoms with Crippen LogP contribution in [-0.2, 0) is 9.53 Å². The van der Waals surface area contributed by atoms with Gasteiger partial charge in [0.2, 0.25) is 5.91 Å². The third-order valence-electron chi connectivity index (χ3n) is 2.19. The van der Waals surface area contributed by atoms with E-state index in [0.717, 1.165) is 12.8 Å². The van der Waals surface area contributed by atoms with Gasteiger partial charge in [0.1, 0.15) is 5.38 Å². The van der Waals surface area contributed by atoms with Crippen LogP contribution in [0.1, 0.15) is 26.7 Å². The molecule has 1 aliphatic heterocycles. The van der Waals surface area contributed by atoms with Crippen LogP contribution in [-0.4, -0.2) is 30.0 Å². The quantitative estimate of drug-likeness (QED) is 0.706. The van der Waals surface area contributed by atoms with Gasteiger partial charge in [0.05, 0.1) is 12.2 Å². The van der Waals surface area contributed by atoms with Gasteiger partial charge in [-0.15, -0.1) is 11.6 Å². The van der Waals surface area contributed by atoms with E-state index in [0.29, 0.717) is 12.6 Å². The van der Waals surface area contributed by atoms with Crippen LogP contribution in [0.15, 0.2) is 0 Å². The van der Waals surface area contributed by atoms with E-state index in [4.69, 9.17) is 16.3 Å². The monoisotopic (exact) mass is 205 g/mol. The highest BCUT2D eigenvalue weighted by atomic mass is 35.5. The van der Waals surface area contributed by atoms with Gasteiger partial charge in [-0.1, -0.05) is 0 Å². The fourth-order valence-electron chi connectivity index (χ4n) is 1.39. The van der Waals surface area contributed by atoms with Crippen LogP contribution in [0, 0.1) is 0 Å². The summed E-state index contributed by atoms with van der Waals surface area (Å²) in [6.07, 6.45) is 2.61. The lowest BCUT2D eigenvalue weighted by molar-refractivity contribution is -0.121. The predicted molar refractivity (Wildman–Crippen MR) is 51.9 cm³/mol. The van der Waals surface area contributed by atoms with Crippen LogP contribution in [0.4, 0.5) is 0 Å². The molecule has 0 aliphatic carbocycles. The highest BCUT2D eigenvalue weighted by molar-refractivity contribution is 6.30. The molecular weight excluding hydrogens is 190 g/mol. The van der Waals surface area contributed by atoms with Crippen molar-refractivity contribution < 1.29 is 9.53 Å². The van der Waals surface area contributed by atoms with E-state index >= 15 is 0 Å². The summed E-state index contributed by atoms with van der Waals surface area (Å²) >= 11 is 5.59. The largest absolute Gasteiger partial charge is 0.373 e. The Labute approximate surface area is 83.8 Å². The number of halogens is 1. The van der Waals surface area contributed by atoms with Crippen molar-refractivity contribution in [3.8, 4) is 0 Å². The van der Waals surface area contributed by atoms with Crippen LogP contribution >= 0.6 is 11.6 Å². The first-order chi connectivity index (χ1) is 6.09. The lowest BCUT2D eigenvalue weighted by atomic mass is 10.2. The normalized spacial score (nSPS) is 30.1. The summed E-state index contributed by atoms with van der Waals surface area (Å²) in [7, 11) is 0. The van der Waals surface area contributed by atoms with Crippen molar-refractivity contribution in [3.05, 3.63) is 0 Å². The Morgan fingerprint density at radius 3 is 2.85 bits per heavy atom. The summed E-state index contributed by atoms with van der Waals surface area (Å²) in [5.41, 5.74) is 0. The topological polar surface area (TPSA) is 38.3 Å². The van der Waals surface area contributed by atoms with Gasteiger partial charge in [-0.2, -0.15) is 0 Å². The van der Waals surface area contributed by atoms with E-state index in [9.17, 15) is 4.79 Å². The number of carbonyl (C=O) groups is 1. The minimum atomic E-state index is -0.459. The SMILES string of the molecule is CC1CCC(CNC(=O)C(C)Cl)O1. The van der Waals surface area contributed by atoms with Crippen LogP contribution in [0.25, 0.3) is 0 Å². The number of hydrogen-bond acceptors (Lipinski definition) is 2. The van der Waals surface area contributed by atoms with E-state index in [1.165, 1.54) is 0 Å². The molecule has 0 saturated carbocycles. The second kappa shape index (κ2) is 4.82. The maximum Gasteiger partial charge on any atom is 0.237 e. The zero-order valence-electron chi connectivity index (χ0n) is 8.05. The first-order valence-corrected chi connectivity index (χ1v) is 5.10. The minimum Gasteiger partial charge on any atom is -0.373 e. The molecule has 0 spiro atoms. The molecule has 0 radical (unpaired) electrons. The molecule has 3 unspecified atom stereocenters. The number of carbonyl (C=O) groups excluding carboxylic acids is 1. The average molecular weight is 206 g/mol. The molecule has 1 heterocycles. The smallest absolute Gasteiger partial charge is 0.237 e. The molecule has 3 atom stereocenters. The van der Waals surface area contributed by atoms with Gasteiger partial charge in [0, 0.05) is 6.54 Å². The first-order valence-electron chi connectivity index (χ1n) is 4.67. The Balaban J connectivity index is 2.16. The number of rotatable bonds is 3. The van der Waals surface area contributed by atoms with Crippen molar-refractivity contribution in [1.82, 2.24) is 5.32 Å². The lowest BCUT2D eigenvalue weighted by Gasteiger charge is -2.12. The van der Waals surface area contributed by atoms with Crippen LogP contribution < -0.4 is 5.32 Å². The predicted octanol–water partition coefficient (Wildman–Crippen LogP) is 1.30. The summed E-state index contributed by atoms with van der Waals surface area (Å²) < 4.78 is 5.53. The van der Waals surface area contributed by atoms with Gasteiger partial charge in [0.25, 0.3) is 0 Å². The molecule has 0 aromatic carbocycles. The molecule has 3 nitrogen and oxygen atoms in total. The number of alkyl halides is 1. The molecule has 1 amide bonds. The number of amides is 1. The molecule has 0 aromatic rings. The molecule has 0 bridgehead atoms. The van der Waals surface area contributed by atoms with Crippen molar-refractivity contribution in [3.63, 3.8) is 0 Å². The molecule has 1 aliphatic rings. The molecule has 4 heteroatoms. The van der Waals surface area contributed by atoms with E-state index in [-0.39, 0.29) is 12.0 Å². The van der Waals surface area contributed by atoms with Gasteiger partial charge in [-0.25, -0.2) is 0 Å². The highest BCUT2D eigenvalue weighted by Gasteiger charge is 2.22. The van der Waals surface area contributed by atoms with Gasteiger partial charge >= 0.3 is 0 Å².